The number of hydrogen-bond donors (Lipinski definition) is 3. The predicted molar refractivity (Wildman–Crippen MR) is 86.8 cm³/mol. The number of hydrogen-bond acceptors (Lipinski definition) is 3. The topological polar surface area (TPSA) is 87.7 Å². The Balaban J connectivity index is 1.81. The van der Waals surface area contributed by atoms with Gasteiger partial charge in [-0.3, -0.25) is 4.79 Å². The normalized spacial score (nSPS) is 20.6. The molecule has 23 heavy (non-hydrogen) atoms. The van der Waals surface area contributed by atoms with Crippen LogP contribution in [0.4, 0.5) is 4.79 Å². The second-order valence-corrected chi connectivity index (χ2v) is 6.04. The van der Waals surface area contributed by atoms with Crippen molar-refractivity contribution in [1.82, 2.24) is 10.6 Å². The molecular weight excluding hydrogens is 320 g/mol. The van der Waals surface area contributed by atoms with Crippen LogP contribution in [0.2, 0.25) is 5.02 Å². The summed E-state index contributed by atoms with van der Waals surface area (Å²) in [6.45, 7) is 0.263. The van der Waals surface area contributed by atoms with E-state index in [2.05, 4.69) is 10.6 Å². The van der Waals surface area contributed by atoms with Crippen molar-refractivity contribution < 1.29 is 19.4 Å². The first kappa shape index (κ1) is 17.4. The minimum absolute atomic E-state index is 0.0127. The van der Waals surface area contributed by atoms with Crippen molar-refractivity contribution in [2.45, 2.75) is 38.3 Å². The van der Waals surface area contributed by atoms with Gasteiger partial charge in [0.1, 0.15) is 5.75 Å². The molecule has 2 rings (SSSR count). The third-order valence-corrected chi connectivity index (χ3v) is 4.49. The Bertz CT molecular complexity index is 571. The standard InChI is InChI=1S/C16H21ClN2O4/c1-23-14-4-2-3-13(17)12(14)9-18-16(22)19-11-7-5-10(6-8-11)15(20)21/h2-4,10-11H,5-9H2,1H3,(H,20,21)(H2,18,19,22). The van der Waals surface area contributed by atoms with Crippen LogP contribution in [0.5, 0.6) is 5.75 Å². The summed E-state index contributed by atoms with van der Waals surface area (Å²) in [5.74, 6) is -0.415. The highest BCUT2D eigenvalue weighted by atomic mass is 35.5. The Morgan fingerprint density at radius 3 is 2.61 bits per heavy atom. The Morgan fingerprint density at radius 2 is 2.00 bits per heavy atom. The fourth-order valence-electron chi connectivity index (χ4n) is 2.79. The van der Waals surface area contributed by atoms with Crippen LogP contribution in [0, 0.1) is 5.92 Å². The van der Waals surface area contributed by atoms with Gasteiger partial charge in [0.15, 0.2) is 0 Å². The monoisotopic (exact) mass is 340 g/mol. The van der Waals surface area contributed by atoms with E-state index in [1.165, 1.54) is 0 Å². The molecule has 2 amide bonds. The first-order chi connectivity index (χ1) is 11.0. The van der Waals surface area contributed by atoms with E-state index in [1.54, 1.807) is 25.3 Å². The molecule has 1 aliphatic rings. The smallest absolute Gasteiger partial charge is 0.315 e. The van der Waals surface area contributed by atoms with Crippen molar-refractivity contribution in [1.29, 1.82) is 0 Å². The number of carboxylic acid groups (broad SMARTS) is 1. The maximum absolute atomic E-state index is 12.0. The van der Waals surface area contributed by atoms with E-state index in [1.807, 2.05) is 0 Å². The number of aliphatic carboxylic acids is 1. The van der Waals surface area contributed by atoms with Crippen molar-refractivity contribution in [3.63, 3.8) is 0 Å². The number of carbonyl (C=O) groups excluding carboxylic acids is 1. The van der Waals surface area contributed by atoms with Crippen LogP contribution in [0.25, 0.3) is 0 Å². The SMILES string of the molecule is COc1cccc(Cl)c1CNC(=O)NC1CCC(C(=O)O)CC1. The molecule has 0 aromatic heterocycles. The Kier molecular flexibility index (Phi) is 6.10. The fraction of sp³-hybridized carbons (Fsp3) is 0.500. The molecule has 126 valence electrons. The minimum atomic E-state index is -0.751. The zero-order valence-electron chi connectivity index (χ0n) is 13.0. The van der Waals surface area contributed by atoms with Crippen molar-refractivity contribution in [3.05, 3.63) is 28.8 Å². The highest BCUT2D eigenvalue weighted by Crippen LogP contribution is 2.26. The largest absolute Gasteiger partial charge is 0.496 e. The van der Waals surface area contributed by atoms with Crippen molar-refractivity contribution in [2.75, 3.05) is 7.11 Å². The highest BCUT2D eigenvalue weighted by molar-refractivity contribution is 6.31. The van der Waals surface area contributed by atoms with E-state index < -0.39 is 5.97 Å². The maximum Gasteiger partial charge on any atom is 0.315 e. The molecule has 0 spiro atoms. The summed E-state index contributed by atoms with van der Waals surface area (Å²) in [5, 5.41) is 15.1. The minimum Gasteiger partial charge on any atom is -0.496 e. The predicted octanol–water partition coefficient (Wildman–Crippen LogP) is 2.79. The molecule has 1 saturated carbocycles. The molecule has 1 aliphatic carbocycles. The van der Waals surface area contributed by atoms with E-state index in [0.29, 0.717) is 36.5 Å². The Labute approximate surface area is 140 Å². The Hall–Kier alpha value is -1.95. The molecule has 1 aromatic carbocycles. The molecule has 1 aromatic rings. The number of amides is 2. The quantitative estimate of drug-likeness (QED) is 0.769. The molecule has 0 bridgehead atoms. The van der Waals surface area contributed by atoms with Crippen LogP contribution in [-0.2, 0) is 11.3 Å². The third-order valence-electron chi connectivity index (χ3n) is 4.13. The molecule has 7 heteroatoms. The molecule has 1 fully saturated rings. The molecule has 0 heterocycles. The lowest BCUT2D eigenvalue weighted by atomic mass is 9.86. The summed E-state index contributed by atoms with van der Waals surface area (Å²) in [5.41, 5.74) is 0.724. The van der Waals surface area contributed by atoms with Crippen molar-refractivity contribution >= 4 is 23.6 Å². The zero-order chi connectivity index (χ0) is 16.8. The number of benzene rings is 1. The highest BCUT2D eigenvalue weighted by Gasteiger charge is 2.26. The van der Waals surface area contributed by atoms with Gasteiger partial charge in [-0.05, 0) is 37.8 Å². The summed E-state index contributed by atoms with van der Waals surface area (Å²) in [7, 11) is 1.55. The van der Waals surface area contributed by atoms with Crippen molar-refractivity contribution in [2.24, 2.45) is 5.92 Å². The van der Waals surface area contributed by atoms with Gasteiger partial charge < -0.3 is 20.5 Å². The van der Waals surface area contributed by atoms with Gasteiger partial charge in [0.2, 0.25) is 0 Å². The number of carbonyl (C=O) groups is 2. The summed E-state index contributed by atoms with van der Waals surface area (Å²) in [6, 6.07) is 5.04. The lowest BCUT2D eigenvalue weighted by Gasteiger charge is -2.26. The number of carboxylic acids is 1. The van der Waals surface area contributed by atoms with E-state index in [9.17, 15) is 9.59 Å². The van der Waals surface area contributed by atoms with Gasteiger partial charge in [0.05, 0.1) is 13.0 Å². The third kappa shape index (κ3) is 4.76. The average Bonchev–Trinajstić information content (AvgIpc) is 2.54. The van der Waals surface area contributed by atoms with Gasteiger partial charge >= 0.3 is 12.0 Å². The molecule has 6 nitrogen and oxygen atoms in total. The van der Waals surface area contributed by atoms with Gasteiger partial charge in [0, 0.05) is 23.2 Å². The molecule has 0 aliphatic heterocycles. The molecule has 0 unspecified atom stereocenters. The number of rotatable bonds is 5. The van der Waals surface area contributed by atoms with E-state index in [-0.39, 0.29) is 24.5 Å². The average molecular weight is 341 g/mol. The summed E-state index contributed by atoms with van der Waals surface area (Å²) in [6.07, 6.45) is 2.55. The van der Waals surface area contributed by atoms with Crippen molar-refractivity contribution in [3.8, 4) is 5.75 Å². The number of ether oxygens (including phenoxy) is 1. The van der Waals surface area contributed by atoms with Gasteiger partial charge in [-0.1, -0.05) is 17.7 Å². The first-order valence-electron chi connectivity index (χ1n) is 7.59. The van der Waals surface area contributed by atoms with Crippen LogP contribution >= 0.6 is 11.6 Å². The number of methoxy groups -OCH3 is 1. The molecule has 3 N–H and O–H groups in total. The van der Waals surface area contributed by atoms with Crippen LogP contribution in [0.1, 0.15) is 31.2 Å². The number of halogens is 1. The van der Waals surface area contributed by atoms with Crippen LogP contribution in [-0.4, -0.2) is 30.3 Å². The summed E-state index contributed by atoms with van der Waals surface area (Å²) >= 11 is 6.12. The number of urea groups is 1. The fourth-order valence-corrected chi connectivity index (χ4v) is 3.02. The molecule has 0 radical (unpaired) electrons. The second-order valence-electron chi connectivity index (χ2n) is 5.63. The summed E-state index contributed by atoms with van der Waals surface area (Å²) < 4.78 is 5.23. The van der Waals surface area contributed by atoms with Gasteiger partial charge in [-0.15, -0.1) is 0 Å². The first-order valence-corrected chi connectivity index (χ1v) is 7.97. The van der Waals surface area contributed by atoms with Gasteiger partial charge in [-0.25, -0.2) is 4.79 Å². The van der Waals surface area contributed by atoms with E-state index in [0.717, 1.165) is 5.56 Å². The van der Waals surface area contributed by atoms with Crippen LogP contribution < -0.4 is 15.4 Å². The van der Waals surface area contributed by atoms with Gasteiger partial charge in [-0.2, -0.15) is 0 Å². The van der Waals surface area contributed by atoms with E-state index >= 15 is 0 Å². The number of nitrogens with one attached hydrogen (secondary N) is 2. The zero-order valence-corrected chi connectivity index (χ0v) is 13.7. The lowest BCUT2D eigenvalue weighted by molar-refractivity contribution is -0.142. The lowest BCUT2D eigenvalue weighted by Crippen LogP contribution is -2.43. The molecule has 0 atom stereocenters. The molecular formula is C16H21ClN2O4. The second kappa shape index (κ2) is 8.06. The Morgan fingerprint density at radius 1 is 1.30 bits per heavy atom. The maximum atomic E-state index is 12.0. The van der Waals surface area contributed by atoms with E-state index in [4.69, 9.17) is 21.4 Å². The molecule has 0 saturated heterocycles. The summed E-state index contributed by atoms with van der Waals surface area (Å²) in [4.78, 5) is 22.9. The van der Waals surface area contributed by atoms with Crippen LogP contribution in [0.15, 0.2) is 18.2 Å². The van der Waals surface area contributed by atoms with Crippen LogP contribution in [0.3, 0.4) is 0 Å². The van der Waals surface area contributed by atoms with Gasteiger partial charge in [0.25, 0.3) is 0 Å².